The van der Waals surface area contributed by atoms with Gasteiger partial charge in [-0.05, 0) is 18.2 Å². The third kappa shape index (κ3) is 3.42. The number of benzene rings is 1. The van der Waals surface area contributed by atoms with E-state index in [9.17, 15) is 14.0 Å². The van der Waals surface area contributed by atoms with Crippen LogP contribution in [0.1, 0.15) is 10.4 Å². The van der Waals surface area contributed by atoms with Crippen LogP contribution < -0.4 is 5.32 Å². The topological polar surface area (TPSA) is 49.4 Å². The lowest BCUT2D eigenvalue weighted by Crippen LogP contribution is -2.37. The Hall–Kier alpha value is -1.62. The highest BCUT2D eigenvalue weighted by Crippen LogP contribution is 2.16. The Balaban J connectivity index is 2.88. The summed E-state index contributed by atoms with van der Waals surface area (Å²) >= 11 is 5.68. The summed E-state index contributed by atoms with van der Waals surface area (Å²) in [7, 11) is 2.87. The molecule has 1 aromatic carbocycles. The fourth-order valence-corrected chi connectivity index (χ4v) is 1.41. The molecule has 0 saturated carbocycles. The van der Waals surface area contributed by atoms with Gasteiger partial charge in [-0.25, -0.2) is 4.39 Å². The van der Waals surface area contributed by atoms with Crippen LogP contribution in [0.2, 0.25) is 5.02 Å². The molecule has 1 N–H and O–H groups in total. The lowest BCUT2D eigenvalue weighted by Gasteiger charge is -2.16. The number of nitrogens with one attached hydrogen (secondary N) is 1. The van der Waals surface area contributed by atoms with Crippen LogP contribution in [-0.2, 0) is 4.79 Å². The molecule has 0 heterocycles. The molecule has 0 atom stereocenters. The number of likely N-dealkylation sites (N-methyl/N-ethyl adjacent to an activating group) is 2. The van der Waals surface area contributed by atoms with Gasteiger partial charge in [-0.15, -0.1) is 0 Å². The molecule has 0 aliphatic rings. The van der Waals surface area contributed by atoms with Gasteiger partial charge in [0, 0.05) is 19.1 Å². The first-order chi connectivity index (χ1) is 7.95. The molecule has 0 aromatic heterocycles. The van der Waals surface area contributed by atoms with Crippen LogP contribution >= 0.6 is 11.6 Å². The van der Waals surface area contributed by atoms with Crippen molar-refractivity contribution >= 4 is 23.4 Å². The van der Waals surface area contributed by atoms with Crippen molar-refractivity contribution in [2.75, 3.05) is 20.6 Å². The van der Waals surface area contributed by atoms with E-state index in [-0.39, 0.29) is 23.0 Å². The lowest BCUT2D eigenvalue weighted by molar-refractivity contribution is -0.121. The van der Waals surface area contributed by atoms with Crippen LogP contribution in [0.4, 0.5) is 4.39 Å². The highest BCUT2D eigenvalue weighted by molar-refractivity contribution is 6.31. The predicted octanol–water partition coefficient (Wildman–Crippen LogP) is 1.30. The molecule has 2 amide bonds. The Morgan fingerprint density at radius 1 is 1.47 bits per heavy atom. The molecule has 0 spiro atoms. The summed E-state index contributed by atoms with van der Waals surface area (Å²) in [6.45, 7) is -0.138. The van der Waals surface area contributed by atoms with Gasteiger partial charge in [-0.1, -0.05) is 11.6 Å². The standard InChI is InChI=1S/C11H12ClFN2O2/c1-14-10(16)6-15(2)11(17)8-5-7(12)3-4-9(8)13/h3-5H,6H2,1-2H3,(H,14,16). The summed E-state index contributed by atoms with van der Waals surface area (Å²) in [6, 6.07) is 3.70. The van der Waals surface area contributed by atoms with Gasteiger partial charge in [-0.2, -0.15) is 0 Å². The Morgan fingerprint density at radius 3 is 2.71 bits per heavy atom. The number of hydrogen-bond donors (Lipinski definition) is 1. The largest absolute Gasteiger partial charge is 0.358 e. The van der Waals surface area contributed by atoms with Crippen molar-refractivity contribution in [2.24, 2.45) is 0 Å². The van der Waals surface area contributed by atoms with E-state index in [2.05, 4.69) is 5.32 Å². The van der Waals surface area contributed by atoms with Gasteiger partial charge in [0.1, 0.15) is 5.82 Å². The number of carbonyl (C=O) groups excluding carboxylic acids is 2. The second-order valence-electron chi connectivity index (χ2n) is 3.46. The molecule has 92 valence electrons. The Bertz CT molecular complexity index is 451. The lowest BCUT2D eigenvalue weighted by atomic mass is 10.2. The summed E-state index contributed by atoms with van der Waals surface area (Å²) in [5, 5.41) is 2.64. The summed E-state index contributed by atoms with van der Waals surface area (Å²) in [4.78, 5) is 24.0. The number of halogens is 2. The van der Waals surface area contributed by atoms with Crippen molar-refractivity contribution in [1.29, 1.82) is 0 Å². The highest BCUT2D eigenvalue weighted by Gasteiger charge is 2.18. The smallest absolute Gasteiger partial charge is 0.257 e. The zero-order valence-electron chi connectivity index (χ0n) is 9.46. The fourth-order valence-electron chi connectivity index (χ4n) is 1.23. The molecular formula is C11H12ClFN2O2. The Morgan fingerprint density at radius 2 is 2.12 bits per heavy atom. The molecule has 1 aromatic rings. The van der Waals surface area contributed by atoms with Gasteiger partial charge in [-0.3, -0.25) is 9.59 Å². The maximum atomic E-state index is 13.4. The van der Waals surface area contributed by atoms with Gasteiger partial charge in [0.2, 0.25) is 5.91 Å². The summed E-state index contributed by atoms with van der Waals surface area (Å²) in [6.07, 6.45) is 0. The van der Waals surface area contributed by atoms with Crippen molar-refractivity contribution < 1.29 is 14.0 Å². The SMILES string of the molecule is CNC(=O)CN(C)C(=O)c1cc(Cl)ccc1F. The molecule has 1 rings (SSSR count). The van der Waals surface area contributed by atoms with Gasteiger partial charge in [0.25, 0.3) is 5.91 Å². The van der Waals surface area contributed by atoms with E-state index in [0.717, 1.165) is 11.0 Å². The van der Waals surface area contributed by atoms with E-state index >= 15 is 0 Å². The molecule has 0 fully saturated rings. The van der Waals surface area contributed by atoms with Crippen LogP contribution in [0.3, 0.4) is 0 Å². The third-order valence-corrected chi connectivity index (χ3v) is 2.40. The van der Waals surface area contributed by atoms with Crippen LogP contribution in [0.25, 0.3) is 0 Å². The second kappa shape index (κ2) is 5.63. The first-order valence-electron chi connectivity index (χ1n) is 4.86. The van der Waals surface area contributed by atoms with Gasteiger partial charge < -0.3 is 10.2 Å². The van der Waals surface area contributed by atoms with Crippen molar-refractivity contribution in [3.63, 3.8) is 0 Å². The molecule has 0 unspecified atom stereocenters. The Kier molecular flexibility index (Phi) is 4.45. The molecule has 0 aliphatic heterocycles. The molecular weight excluding hydrogens is 247 g/mol. The maximum absolute atomic E-state index is 13.4. The van der Waals surface area contributed by atoms with E-state index in [0.29, 0.717) is 0 Å². The number of amides is 2. The van der Waals surface area contributed by atoms with Gasteiger partial charge in [0.15, 0.2) is 0 Å². The zero-order valence-corrected chi connectivity index (χ0v) is 10.2. The average molecular weight is 259 g/mol. The Labute approximate surface area is 103 Å². The minimum atomic E-state index is -0.664. The molecule has 0 aliphatic carbocycles. The molecule has 4 nitrogen and oxygen atoms in total. The minimum absolute atomic E-state index is 0.138. The molecule has 0 bridgehead atoms. The van der Waals surface area contributed by atoms with Crippen LogP contribution in [0.5, 0.6) is 0 Å². The maximum Gasteiger partial charge on any atom is 0.257 e. The van der Waals surface area contributed by atoms with Crippen LogP contribution in [0, 0.1) is 5.82 Å². The van der Waals surface area contributed by atoms with E-state index in [1.165, 1.54) is 26.2 Å². The predicted molar refractivity (Wildman–Crippen MR) is 62.4 cm³/mol. The van der Waals surface area contributed by atoms with Crippen LogP contribution in [0.15, 0.2) is 18.2 Å². The van der Waals surface area contributed by atoms with Crippen molar-refractivity contribution in [2.45, 2.75) is 0 Å². The summed E-state index contributed by atoms with van der Waals surface area (Å²) in [5.74, 6) is -1.58. The van der Waals surface area contributed by atoms with Crippen molar-refractivity contribution in [3.05, 3.63) is 34.6 Å². The monoisotopic (exact) mass is 258 g/mol. The third-order valence-electron chi connectivity index (χ3n) is 2.17. The minimum Gasteiger partial charge on any atom is -0.358 e. The normalized spacial score (nSPS) is 9.88. The second-order valence-corrected chi connectivity index (χ2v) is 3.89. The van der Waals surface area contributed by atoms with Crippen molar-refractivity contribution in [3.8, 4) is 0 Å². The van der Waals surface area contributed by atoms with Gasteiger partial charge in [0.05, 0.1) is 12.1 Å². The molecule has 0 saturated heterocycles. The fraction of sp³-hybridized carbons (Fsp3) is 0.273. The number of carbonyl (C=O) groups is 2. The average Bonchev–Trinajstić information content (AvgIpc) is 2.31. The number of hydrogen-bond acceptors (Lipinski definition) is 2. The number of nitrogens with zero attached hydrogens (tertiary/aromatic N) is 1. The van der Waals surface area contributed by atoms with Gasteiger partial charge >= 0.3 is 0 Å². The first kappa shape index (κ1) is 13.4. The first-order valence-corrected chi connectivity index (χ1v) is 5.24. The van der Waals surface area contributed by atoms with E-state index in [4.69, 9.17) is 11.6 Å². The highest BCUT2D eigenvalue weighted by atomic mass is 35.5. The molecule has 17 heavy (non-hydrogen) atoms. The quantitative estimate of drug-likeness (QED) is 0.888. The van der Waals surface area contributed by atoms with E-state index in [1.807, 2.05) is 0 Å². The number of rotatable bonds is 3. The van der Waals surface area contributed by atoms with Crippen LogP contribution in [-0.4, -0.2) is 37.4 Å². The summed E-state index contributed by atoms with van der Waals surface area (Å²) in [5.41, 5.74) is -0.149. The van der Waals surface area contributed by atoms with Crippen molar-refractivity contribution in [1.82, 2.24) is 10.2 Å². The van der Waals surface area contributed by atoms with E-state index < -0.39 is 11.7 Å². The zero-order chi connectivity index (χ0) is 13.0. The summed E-state index contributed by atoms with van der Waals surface area (Å²) < 4.78 is 13.4. The molecule has 6 heteroatoms. The van der Waals surface area contributed by atoms with E-state index in [1.54, 1.807) is 0 Å². The molecule has 0 radical (unpaired) electrons.